The predicted molar refractivity (Wildman–Crippen MR) is 94.1 cm³/mol. The molecule has 0 aliphatic heterocycles. The van der Waals surface area contributed by atoms with Crippen LogP contribution in [-0.4, -0.2) is 30.4 Å². The molecule has 0 bridgehead atoms. The van der Waals surface area contributed by atoms with Crippen LogP contribution >= 0.6 is 11.6 Å². The van der Waals surface area contributed by atoms with Gasteiger partial charge in [0, 0.05) is 17.1 Å². The number of nitrogens with zero attached hydrogens (tertiary/aromatic N) is 1. The fourth-order valence-electron chi connectivity index (χ4n) is 2.37. The highest BCUT2D eigenvalue weighted by Crippen LogP contribution is 2.17. The van der Waals surface area contributed by atoms with Crippen LogP contribution in [0.5, 0.6) is 0 Å². The van der Waals surface area contributed by atoms with Crippen molar-refractivity contribution >= 4 is 23.5 Å². The molecule has 0 aromatic heterocycles. The SMILES string of the molecule is COC(=O)CN(Cc1ccc(Cl)cc1)C(=O)c1cc(C)ccc1C. The Labute approximate surface area is 147 Å². The summed E-state index contributed by atoms with van der Waals surface area (Å²) in [5.41, 5.74) is 3.35. The summed E-state index contributed by atoms with van der Waals surface area (Å²) >= 11 is 5.90. The highest BCUT2D eigenvalue weighted by Gasteiger charge is 2.21. The first-order chi connectivity index (χ1) is 11.4. The van der Waals surface area contributed by atoms with Crippen molar-refractivity contribution in [2.75, 3.05) is 13.7 Å². The van der Waals surface area contributed by atoms with Crippen molar-refractivity contribution in [2.45, 2.75) is 20.4 Å². The van der Waals surface area contributed by atoms with E-state index in [9.17, 15) is 9.59 Å². The first-order valence-corrected chi connectivity index (χ1v) is 7.96. The van der Waals surface area contributed by atoms with Gasteiger partial charge in [-0.3, -0.25) is 9.59 Å². The summed E-state index contributed by atoms with van der Waals surface area (Å²) in [7, 11) is 1.31. The monoisotopic (exact) mass is 345 g/mol. The number of hydrogen-bond acceptors (Lipinski definition) is 3. The van der Waals surface area contributed by atoms with Crippen LogP contribution in [0.3, 0.4) is 0 Å². The minimum Gasteiger partial charge on any atom is -0.468 e. The molecule has 1 amide bonds. The standard InChI is InChI=1S/C19H20ClNO3/c1-13-4-5-14(2)17(10-13)19(23)21(12-18(22)24-3)11-15-6-8-16(20)9-7-15/h4-10H,11-12H2,1-3H3. The molecule has 0 saturated heterocycles. The number of benzene rings is 2. The summed E-state index contributed by atoms with van der Waals surface area (Å²) in [6.07, 6.45) is 0. The number of esters is 1. The molecule has 5 heteroatoms. The molecule has 0 saturated carbocycles. The van der Waals surface area contributed by atoms with Crippen LogP contribution in [-0.2, 0) is 16.1 Å². The fourth-order valence-corrected chi connectivity index (χ4v) is 2.49. The summed E-state index contributed by atoms with van der Waals surface area (Å²) in [5, 5.41) is 0.624. The number of halogens is 1. The van der Waals surface area contributed by atoms with Crippen molar-refractivity contribution in [3.8, 4) is 0 Å². The summed E-state index contributed by atoms with van der Waals surface area (Å²) in [5.74, 6) is -0.654. The summed E-state index contributed by atoms with van der Waals surface area (Å²) < 4.78 is 4.72. The molecule has 0 aliphatic rings. The van der Waals surface area contributed by atoms with Gasteiger partial charge in [0.25, 0.3) is 5.91 Å². The molecular weight excluding hydrogens is 326 g/mol. The average molecular weight is 346 g/mol. The van der Waals surface area contributed by atoms with Crippen LogP contribution in [0.25, 0.3) is 0 Å². The van der Waals surface area contributed by atoms with E-state index in [-0.39, 0.29) is 12.5 Å². The average Bonchev–Trinajstić information content (AvgIpc) is 2.57. The second kappa shape index (κ2) is 7.97. The number of methoxy groups -OCH3 is 1. The molecule has 24 heavy (non-hydrogen) atoms. The first kappa shape index (κ1) is 18.0. The van der Waals surface area contributed by atoms with Crippen molar-refractivity contribution in [3.05, 3.63) is 69.7 Å². The van der Waals surface area contributed by atoms with E-state index >= 15 is 0 Å². The van der Waals surface area contributed by atoms with Crippen LogP contribution in [0.1, 0.15) is 27.0 Å². The number of aryl methyl sites for hydroxylation is 2. The maximum absolute atomic E-state index is 12.9. The lowest BCUT2D eigenvalue weighted by atomic mass is 10.0. The van der Waals surface area contributed by atoms with Gasteiger partial charge < -0.3 is 9.64 Å². The smallest absolute Gasteiger partial charge is 0.325 e. The topological polar surface area (TPSA) is 46.6 Å². The maximum atomic E-state index is 12.9. The van der Waals surface area contributed by atoms with Crippen molar-refractivity contribution in [1.82, 2.24) is 4.90 Å². The second-order valence-electron chi connectivity index (χ2n) is 5.68. The first-order valence-electron chi connectivity index (χ1n) is 7.58. The van der Waals surface area contributed by atoms with E-state index in [4.69, 9.17) is 16.3 Å². The molecule has 0 spiro atoms. The zero-order valence-corrected chi connectivity index (χ0v) is 14.8. The van der Waals surface area contributed by atoms with E-state index in [1.54, 1.807) is 12.1 Å². The molecule has 0 aliphatic carbocycles. The molecule has 2 aromatic rings. The maximum Gasteiger partial charge on any atom is 0.325 e. The van der Waals surface area contributed by atoms with Gasteiger partial charge in [-0.25, -0.2) is 0 Å². The van der Waals surface area contributed by atoms with Gasteiger partial charge in [-0.2, -0.15) is 0 Å². The lowest BCUT2D eigenvalue weighted by Gasteiger charge is -2.23. The molecule has 0 radical (unpaired) electrons. The Morgan fingerprint density at radius 2 is 1.75 bits per heavy atom. The molecule has 0 fully saturated rings. The van der Waals surface area contributed by atoms with E-state index in [1.165, 1.54) is 12.0 Å². The molecule has 2 rings (SSSR count). The Kier molecular flexibility index (Phi) is 5.99. The largest absolute Gasteiger partial charge is 0.468 e. The normalized spacial score (nSPS) is 10.3. The number of hydrogen-bond donors (Lipinski definition) is 0. The Bertz CT molecular complexity index is 741. The zero-order valence-electron chi connectivity index (χ0n) is 14.0. The van der Waals surface area contributed by atoms with E-state index in [1.807, 2.05) is 44.2 Å². The molecule has 126 valence electrons. The predicted octanol–water partition coefficient (Wildman–Crippen LogP) is 3.77. The van der Waals surface area contributed by atoms with Crippen molar-refractivity contribution in [2.24, 2.45) is 0 Å². The third-order valence-corrected chi connectivity index (χ3v) is 4.00. The van der Waals surface area contributed by atoms with Crippen LogP contribution < -0.4 is 0 Å². The third kappa shape index (κ3) is 4.59. The third-order valence-electron chi connectivity index (χ3n) is 3.75. The number of ether oxygens (including phenoxy) is 1. The minimum atomic E-state index is -0.456. The lowest BCUT2D eigenvalue weighted by molar-refractivity contribution is -0.141. The van der Waals surface area contributed by atoms with Crippen molar-refractivity contribution < 1.29 is 14.3 Å². The van der Waals surface area contributed by atoms with Gasteiger partial charge in [-0.15, -0.1) is 0 Å². The fraction of sp³-hybridized carbons (Fsp3) is 0.263. The van der Waals surface area contributed by atoms with Gasteiger partial charge >= 0.3 is 5.97 Å². The van der Waals surface area contributed by atoms with Gasteiger partial charge in [-0.05, 0) is 43.2 Å². The van der Waals surface area contributed by atoms with Crippen molar-refractivity contribution in [1.29, 1.82) is 0 Å². The Hall–Kier alpha value is -2.33. The second-order valence-corrected chi connectivity index (χ2v) is 6.12. The molecule has 0 heterocycles. The van der Waals surface area contributed by atoms with Gasteiger partial charge in [0.1, 0.15) is 6.54 Å². The molecular formula is C19H20ClNO3. The van der Waals surface area contributed by atoms with Crippen LogP contribution in [0.15, 0.2) is 42.5 Å². The number of carbonyl (C=O) groups excluding carboxylic acids is 2. The zero-order chi connectivity index (χ0) is 17.7. The number of amides is 1. The van der Waals surface area contributed by atoms with E-state index < -0.39 is 5.97 Å². The Morgan fingerprint density at radius 1 is 1.08 bits per heavy atom. The highest BCUT2D eigenvalue weighted by atomic mass is 35.5. The summed E-state index contributed by atoms with van der Waals surface area (Å²) in [6, 6.07) is 12.9. The van der Waals surface area contributed by atoms with Crippen LogP contribution in [0.2, 0.25) is 5.02 Å². The van der Waals surface area contributed by atoms with Crippen LogP contribution in [0, 0.1) is 13.8 Å². The Balaban J connectivity index is 2.30. The minimum absolute atomic E-state index is 0.106. The van der Waals surface area contributed by atoms with Gasteiger partial charge in [0.2, 0.25) is 0 Å². The highest BCUT2D eigenvalue weighted by molar-refractivity contribution is 6.30. The number of carbonyl (C=O) groups is 2. The van der Waals surface area contributed by atoms with Crippen molar-refractivity contribution in [3.63, 3.8) is 0 Å². The molecule has 0 atom stereocenters. The van der Waals surface area contributed by atoms with Gasteiger partial charge in [0.05, 0.1) is 7.11 Å². The van der Waals surface area contributed by atoms with E-state index in [2.05, 4.69) is 0 Å². The number of rotatable bonds is 5. The summed E-state index contributed by atoms with van der Waals surface area (Å²) in [4.78, 5) is 26.1. The summed E-state index contributed by atoms with van der Waals surface area (Å²) in [6.45, 7) is 4.01. The molecule has 0 unspecified atom stereocenters. The van der Waals surface area contributed by atoms with Gasteiger partial charge in [0.15, 0.2) is 0 Å². The lowest BCUT2D eigenvalue weighted by Crippen LogP contribution is -2.36. The molecule has 0 N–H and O–H groups in total. The Morgan fingerprint density at radius 3 is 2.38 bits per heavy atom. The van der Waals surface area contributed by atoms with Gasteiger partial charge in [-0.1, -0.05) is 41.4 Å². The van der Waals surface area contributed by atoms with E-state index in [0.717, 1.165) is 16.7 Å². The molecule has 2 aromatic carbocycles. The quantitative estimate of drug-likeness (QED) is 0.775. The molecule has 4 nitrogen and oxygen atoms in total. The van der Waals surface area contributed by atoms with E-state index in [0.29, 0.717) is 17.1 Å². The van der Waals surface area contributed by atoms with Crippen LogP contribution in [0.4, 0.5) is 0 Å².